The smallest absolute Gasteiger partial charge is 0.335 e. The summed E-state index contributed by atoms with van der Waals surface area (Å²) in [5, 5.41) is 24.6. The van der Waals surface area contributed by atoms with Crippen molar-refractivity contribution in [3.8, 4) is 17.2 Å². The van der Waals surface area contributed by atoms with Gasteiger partial charge < -0.3 is 9.47 Å². The fraction of sp³-hybridized carbons (Fsp3) is 0.0800. The number of carbonyl (C=O) groups is 3. The van der Waals surface area contributed by atoms with Gasteiger partial charge in [0.25, 0.3) is 17.5 Å². The van der Waals surface area contributed by atoms with E-state index < -0.39 is 50.4 Å². The van der Waals surface area contributed by atoms with Gasteiger partial charge >= 0.3 is 11.7 Å². The van der Waals surface area contributed by atoms with Crippen LogP contribution in [0.1, 0.15) is 12.5 Å². The number of nitrogens with zero attached hydrogens (tertiary/aromatic N) is 3. The summed E-state index contributed by atoms with van der Waals surface area (Å²) in [6, 6.07) is 10.2. The number of hydrogen-bond acceptors (Lipinski definition) is 9. The third-order valence-electron chi connectivity index (χ3n) is 5.41. The van der Waals surface area contributed by atoms with E-state index in [9.17, 15) is 34.6 Å². The monoisotopic (exact) mass is 586 g/mol. The summed E-state index contributed by atoms with van der Waals surface area (Å²) in [5.41, 5.74) is -1.70. The Bertz CT molecular complexity index is 1610. The number of rotatable bonds is 8. The lowest BCUT2D eigenvalue weighted by atomic mass is 10.1. The number of ether oxygens (including phenoxy) is 2. The predicted octanol–water partition coefficient (Wildman–Crippen LogP) is 5.67. The number of amides is 4. The van der Waals surface area contributed by atoms with Gasteiger partial charge in [-0.05, 0) is 55.5 Å². The topological polar surface area (TPSA) is 171 Å². The van der Waals surface area contributed by atoms with Gasteiger partial charge in [0.15, 0.2) is 5.75 Å². The van der Waals surface area contributed by atoms with Crippen molar-refractivity contribution in [1.82, 2.24) is 5.32 Å². The van der Waals surface area contributed by atoms with Crippen LogP contribution in [-0.2, 0) is 9.59 Å². The van der Waals surface area contributed by atoms with E-state index in [0.717, 1.165) is 23.1 Å². The quantitative estimate of drug-likeness (QED) is 0.151. The maximum Gasteiger partial charge on any atom is 0.335 e. The Morgan fingerprint density at radius 2 is 1.68 bits per heavy atom. The molecule has 1 saturated heterocycles. The van der Waals surface area contributed by atoms with Crippen molar-refractivity contribution in [3.05, 3.63) is 96.0 Å². The highest BCUT2D eigenvalue weighted by Gasteiger charge is 2.37. The van der Waals surface area contributed by atoms with E-state index in [1.54, 1.807) is 19.1 Å². The number of benzene rings is 3. The number of non-ortho nitro benzene ring substituents is 1. The highest BCUT2D eigenvalue weighted by molar-refractivity contribution is 6.40. The number of nitrogens with one attached hydrogen (secondary N) is 1. The summed E-state index contributed by atoms with van der Waals surface area (Å²) >= 11 is 12.4. The SMILES string of the molecule is CCOc1ccc(N2C(=O)NC(=O)/C(=C\c3cc(Cl)cc(Cl)c3Oc3ccc([N+](=O)[O-])cc3[N+](=O)[O-])C2=O)cc1. The van der Waals surface area contributed by atoms with Crippen molar-refractivity contribution >= 4 is 64.2 Å². The highest BCUT2D eigenvalue weighted by atomic mass is 35.5. The third kappa shape index (κ3) is 5.70. The average molecular weight is 587 g/mol. The zero-order valence-electron chi connectivity index (χ0n) is 20.3. The van der Waals surface area contributed by atoms with Crippen LogP contribution in [0.2, 0.25) is 10.0 Å². The van der Waals surface area contributed by atoms with Gasteiger partial charge in [0.1, 0.15) is 11.3 Å². The van der Waals surface area contributed by atoms with Crippen molar-refractivity contribution in [2.75, 3.05) is 11.5 Å². The Balaban J connectivity index is 1.77. The molecule has 0 aliphatic carbocycles. The van der Waals surface area contributed by atoms with E-state index in [4.69, 9.17) is 32.7 Å². The van der Waals surface area contributed by atoms with E-state index in [-0.39, 0.29) is 27.0 Å². The maximum absolute atomic E-state index is 13.3. The van der Waals surface area contributed by atoms with E-state index in [0.29, 0.717) is 18.4 Å². The molecule has 1 heterocycles. The summed E-state index contributed by atoms with van der Waals surface area (Å²) in [7, 11) is 0. The zero-order valence-corrected chi connectivity index (χ0v) is 21.8. The van der Waals surface area contributed by atoms with Crippen molar-refractivity contribution in [2.45, 2.75) is 6.92 Å². The van der Waals surface area contributed by atoms with Gasteiger partial charge in [0.05, 0.1) is 33.2 Å². The molecule has 0 aromatic heterocycles. The van der Waals surface area contributed by atoms with E-state index in [2.05, 4.69) is 5.32 Å². The average Bonchev–Trinajstić information content (AvgIpc) is 2.89. The molecule has 0 saturated carbocycles. The molecule has 1 aliphatic rings. The Kier molecular flexibility index (Phi) is 7.98. The molecule has 0 atom stereocenters. The van der Waals surface area contributed by atoms with Crippen LogP contribution in [0.5, 0.6) is 17.2 Å². The molecule has 40 heavy (non-hydrogen) atoms. The van der Waals surface area contributed by atoms with E-state index in [1.807, 2.05) is 0 Å². The molecule has 3 aromatic rings. The van der Waals surface area contributed by atoms with E-state index in [1.165, 1.54) is 24.3 Å². The third-order valence-corrected chi connectivity index (χ3v) is 5.91. The number of nitro groups is 2. The van der Waals surface area contributed by atoms with Crippen LogP contribution in [0.15, 0.2) is 60.2 Å². The number of barbiturate groups is 1. The molecule has 0 radical (unpaired) electrons. The number of imide groups is 2. The van der Waals surface area contributed by atoms with Gasteiger partial charge in [-0.1, -0.05) is 23.2 Å². The minimum absolute atomic E-state index is 0.0513. The van der Waals surface area contributed by atoms with Gasteiger partial charge in [-0.2, -0.15) is 0 Å². The number of anilines is 1. The molecule has 15 heteroatoms. The standard InChI is InChI=1S/C25H16Cl2N4O9/c1-2-39-17-6-3-15(4-7-17)29-24(33)18(23(32)28-25(29)34)10-13-9-14(26)11-19(27)22(13)40-21-8-5-16(30(35)36)12-20(21)31(37)38/h3-12H,2H2,1H3,(H,28,32,34)/b18-10+. The Labute approximate surface area is 234 Å². The van der Waals surface area contributed by atoms with E-state index >= 15 is 0 Å². The summed E-state index contributed by atoms with van der Waals surface area (Å²) in [4.78, 5) is 60.2. The minimum atomic E-state index is -1.03. The maximum atomic E-state index is 13.3. The number of carbonyl (C=O) groups excluding carboxylic acids is 3. The fourth-order valence-corrected chi connectivity index (χ4v) is 4.21. The van der Waals surface area contributed by atoms with Crippen molar-refractivity contribution < 1.29 is 33.7 Å². The van der Waals surface area contributed by atoms with Crippen LogP contribution in [0.3, 0.4) is 0 Å². The Hall–Kier alpha value is -5.01. The zero-order chi connectivity index (χ0) is 29.1. The lowest BCUT2D eigenvalue weighted by Crippen LogP contribution is -2.54. The van der Waals surface area contributed by atoms with Gasteiger partial charge in [-0.3, -0.25) is 35.1 Å². The molecule has 4 amide bonds. The van der Waals surface area contributed by atoms with Crippen LogP contribution in [0, 0.1) is 20.2 Å². The molecule has 4 rings (SSSR count). The van der Waals surface area contributed by atoms with Crippen LogP contribution in [0.25, 0.3) is 6.08 Å². The second kappa shape index (κ2) is 11.4. The van der Waals surface area contributed by atoms with Crippen LogP contribution in [-0.4, -0.2) is 34.3 Å². The number of hydrogen-bond donors (Lipinski definition) is 1. The van der Waals surface area contributed by atoms with Gasteiger partial charge in [-0.15, -0.1) is 0 Å². The van der Waals surface area contributed by atoms with Crippen molar-refractivity contribution in [3.63, 3.8) is 0 Å². The predicted molar refractivity (Wildman–Crippen MR) is 143 cm³/mol. The van der Waals surface area contributed by atoms with Crippen LogP contribution >= 0.6 is 23.2 Å². The molecule has 3 aromatic carbocycles. The molecular formula is C25H16Cl2N4O9. The normalized spacial score (nSPS) is 14.2. The molecule has 0 unspecified atom stereocenters. The lowest BCUT2D eigenvalue weighted by Gasteiger charge is -2.26. The second-order valence-corrected chi connectivity index (χ2v) is 8.80. The number of halogens is 2. The lowest BCUT2D eigenvalue weighted by molar-refractivity contribution is -0.394. The summed E-state index contributed by atoms with van der Waals surface area (Å²) in [6.45, 7) is 2.19. The second-order valence-electron chi connectivity index (χ2n) is 7.96. The Morgan fingerprint density at radius 1 is 0.975 bits per heavy atom. The van der Waals surface area contributed by atoms with Crippen LogP contribution < -0.4 is 19.7 Å². The molecule has 1 N–H and O–H groups in total. The molecular weight excluding hydrogens is 571 g/mol. The molecule has 1 fully saturated rings. The van der Waals surface area contributed by atoms with Crippen LogP contribution in [0.4, 0.5) is 21.9 Å². The van der Waals surface area contributed by atoms with Gasteiger partial charge in [0.2, 0.25) is 5.75 Å². The summed E-state index contributed by atoms with van der Waals surface area (Å²) < 4.78 is 11.0. The molecule has 204 valence electrons. The summed E-state index contributed by atoms with van der Waals surface area (Å²) in [5.74, 6) is -2.17. The first-order valence-electron chi connectivity index (χ1n) is 11.2. The first-order chi connectivity index (χ1) is 19.0. The molecule has 13 nitrogen and oxygen atoms in total. The number of urea groups is 1. The van der Waals surface area contributed by atoms with Gasteiger partial charge in [-0.25, -0.2) is 9.69 Å². The first kappa shape index (κ1) is 28.0. The number of nitro benzene ring substituents is 2. The van der Waals surface area contributed by atoms with Crippen molar-refractivity contribution in [2.24, 2.45) is 0 Å². The summed E-state index contributed by atoms with van der Waals surface area (Å²) in [6.07, 6.45) is 1.05. The highest BCUT2D eigenvalue weighted by Crippen LogP contribution is 2.41. The van der Waals surface area contributed by atoms with Gasteiger partial charge in [0, 0.05) is 16.7 Å². The largest absolute Gasteiger partial charge is 0.494 e. The van der Waals surface area contributed by atoms with Crippen molar-refractivity contribution in [1.29, 1.82) is 0 Å². The Morgan fingerprint density at radius 3 is 2.30 bits per heavy atom. The minimum Gasteiger partial charge on any atom is -0.494 e. The first-order valence-corrected chi connectivity index (χ1v) is 12.0. The molecule has 0 bridgehead atoms. The molecule has 1 aliphatic heterocycles. The fourth-order valence-electron chi connectivity index (χ4n) is 3.66. The molecule has 0 spiro atoms.